The van der Waals surface area contributed by atoms with Gasteiger partial charge in [-0.15, -0.1) is 0 Å². The van der Waals surface area contributed by atoms with E-state index in [0.717, 1.165) is 18.9 Å². The fourth-order valence-corrected chi connectivity index (χ4v) is 3.50. The van der Waals surface area contributed by atoms with Gasteiger partial charge < -0.3 is 21.1 Å². The third kappa shape index (κ3) is 4.82. The van der Waals surface area contributed by atoms with Crippen LogP contribution in [0.4, 0.5) is 13.2 Å². The number of likely N-dealkylation sites (tertiary alicyclic amines) is 1. The molecule has 1 saturated carbocycles. The number of hydrogen-bond acceptors (Lipinski definition) is 4. The van der Waals surface area contributed by atoms with Crippen LogP contribution < -0.4 is 11.1 Å². The minimum atomic E-state index is -1.28. The number of benzene rings is 1. The fraction of sp³-hybridized carbons (Fsp3) is 0.579. The van der Waals surface area contributed by atoms with Crippen LogP contribution >= 0.6 is 0 Å². The first-order chi connectivity index (χ1) is 13.3. The summed E-state index contributed by atoms with van der Waals surface area (Å²) in [5, 5.41) is 12.9. The van der Waals surface area contributed by atoms with Gasteiger partial charge in [-0.1, -0.05) is 0 Å². The summed E-state index contributed by atoms with van der Waals surface area (Å²) in [5.74, 6) is -3.76. The van der Waals surface area contributed by atoms with E-state index in [4.69, 9.17) is 5.73 Å². The van der Waals surface area contributed by atoms with E-state index in [-0.39, 0.29) is 42.7 Å². The van der Waals surface area contributed by atoms with Crippen LogP contribution in [0.3, 0.4) is 0 Å². The second-order valence-electron chi connectivity index (χ2n) is 7.56. The van der Waals surface area contributed by atoms with Gasteiger partial charge in [-0.05, 0) is 37.3 Å². The Kier molecular flexibility index (Phi) is 6.24. The number of aliphatic hydroxyl groups excluding tert-OH is 1. The molecule has 1 aliphatic heterocycles. The molecule has 2 amide bonds. The number of aliphatic hydroxyl groups is 1. The Morgan fingerprint density at radius 2 is 1.86 bits per heavy atom. The van der Waals surface area contributed by atoms with Crippen LogP contribution in [-0.2, 0) is 16.0 Å². The molecule has 0 bridgehead atoms. The molecule has 3 atom stereocenters. The standard InChI is InChI=1S/C19H24F3N3O3/c20-13-8-15(22)14(21)6-11(13)5-12(23)7-18(27)25-4-3-17(26)16(25)9-24-19(28)10-1-2-10/h6,8,10,12,16-17,26H,1-5,7,9,23H2,(H,24,28)/t12-,16-,17+/m1/s1. The molecule has 2 fully saturated rings. The maximum Gasteiger partial charge on any atom is 0.224 e. The fourth-order valence-electron chi connectivity index (χ4n) is 3.50. The summed E-state index contributed by atoms with van der Waals surface area (Å²) in [6, 6.07) is -0.145. The zero-order chi connectivity index (χ0) is 20.4. The number of nitrogens with one attached hydrogen (secondary N) is 1. The first-order valence-electron chi connectivity index (χ1n) is 9.40. The Bertz CT molecular complexity index is 757. The van der Waals surface area contributed by atoms with Gasteiger partial charge in [-0.3, -0.25) is 9.59 Å². The molecule has 3 rings (SSSR count). The average molecular weight is 399 g/mol. The molecule has 154 valence electrons. The van der Waals surface area contributed by atoms with Crippen LogP contribution in [0.1, 0.15) is 31.2 Å². The predicted octanol–water partition coefficient (Wildman–Crippen LogP) is 0.852. The molecule has 6 nitrogen and oxygen atoms in total. The van der Waals surface area contributed by atoms with Gasteiger partial charge in [0.2, 0.25) is 11.8 Å². The van der Waals surface area contributed by atoms with Crippen molar-refractivity contribution < 1.29 is 27.9 Å². The lowest BCUT2D eigenvalue weighted by molar-refractivity contribution is -0.134. The highest BCUT2D eigenvalue weighted by atomic mass is 19.2. The van der Waals surface area contributed by atoms with Crippen molar-refractivity contribution in [1.29, 1.82) is 0 Å². The summed E-state index contributed by atoms with van der Waals surface area (Å²) in [7, 11) is 0. The van der Waals surface area contributed by atoms with E-state index in [9.17, 15) is 27.9 Å². The van der Waals surface area contributed by atoms with Crippen LogP contribution in [0, 0.1) is 23.4 Å². The lowest BCUT2D eigenvalue weighted by Gasteiger charge is -2.27. The molecule has 28 heavy (non-hydrogen) atoms. The first-order valence-corrected chi connectivity index (χ1v) is 9.40. The van der Waals surface area contributed by atoms with Crippen molar-refractivity contribution in [2.75, 3.05) is 13.1 Å². The predicted molar refractivity (Wildman–Crippen MR) is 94.5 cm³/mol. The van der Waals surface area contributed by atoms with E-state index in [1.54, 1.807) is 0 Å². The maximum atomic E-state index is 13.8. The van der Waals surface area contributed by atoms with Crippen molar-refractivity contribution in [1.82, 2.24) is 10.2 Å². The second-order valence-corrected chi connectivity index (χ2v) is 7.56. The molecule has 9 heteroatoms. The number of carbonyl (C=O) groups excluding carboxylic acids is 2. The lowest BCUT2D eigenvalue weighted by atomic mass is 10.0. The molecule has 0 radical (unpaired) electrons. The summed E-state index contributed by atoms with van der Waals surface area (Å²) in [4.78, 5) is 25.9. The first kappa shape index (κ1) is 20.6. The molecule has 0 aromatic heterocycles. The second kappa shape index (κ2) is 8.48. The highest BCUT2D eigenvalue weighted by molar-refractivity contribution is 5.81. The number of nitrogens with zero attached hydrogens (tertiary/aromatic N) is 1. The summed E-state index contributed by atoms with van der Waals surface area (Å²) >= 11 is 0. The number of rotatable bonds is 7. The molecule has 1 heterocycles. The van der Waals surface area contributed by atoms with Gasteiger partial charge in [0.25, 0.3) is 0 Å². The van der Waals surface area contributed by atoms with E-state index < -0.39 is 35.6 Å². The van der Waals surface area contributed by atoms with Gasteiger partial charge >= 0.3 is 0 Å². The van der Waals surface area contributed by atoms with Crippen molar-refractivity contribution >= 4 is 11.8 Å². The quantitative estimate of drug-likeness (QED) is 0.593. The normalized spacial score (nSPS) is 23.0. The maximum absolute atomic E-state index is 13.8. The van der Waals surface area contributed by atoms with Crippen LogP contribution in [0.2, 0.25) is 0 Å². The Morgan fingerprint density at radius 1 is 1.18 bits per heavy atom. The highest BCUT2D eigenvalue weighted by Gasteiger charge is 2.37. The van der Waals surface area contributed by atoms with Gasteiger partial charge in [-0.25, -0.2) is 13.2 Å². The van der Waals surface area contributed by atoms with Crippen molar-refractivity contribution in [3.63, 3.8) is 0 Å². The van der Waals surface area contributed by atoms with Gasteiger partial charge in [0.05, 0.1) is 12.1 Å². The molecular formula is C19H24F3N3O3. The van der Waals surface area contributed by atoms with Crippen LogP contribution in [0.5, 0.6) is 0 Å². The Balaban J connectivity index is 1.56. The topological polar surface area (TPSA) is 95.7 Å². The molecule has 1 aliphatic carbocycles. The van der Waals surface area contributed by atoms with Crippen LogP contribution in [0.25, 0.3) is 0 Å². The molecule has 0 spiro atoms. The molecule has 1 aromatic carbocycles. The number of carbonyl (C=O) groups is 2. The van der Waals surface area contributed by atoms with E-state index in [2.05, 4.69) is 5.32 Å². The van der Waals surface area contributed by atoms with E-state index in [1.807, 2.05) is 0 Å². The lowest BCUT2D eigenvalue weighted by Crippen LogP contribution is -2.48. The molecular weight excluding hydrogens is 375 g/mol. The Labute approximate surface area is 160 Å². The van der Waals surface area contributed by atoms with Gasteiger partial charge in [0.1, 0.15) is 5.82 Å². The monoisotopic (exact) mass is 399 g/mol. The number of nitrogens with two attached hydrogens (primary N) is 1. The Hall–Kier alpha value is -2.13. The number of hydrogen-bond donors (Lipinski definition) is 3. The molecule has 1 aromatic rings. The van der Waals surface area contributed by atoms with Crippen LogP contribution in [-0.4, -0.2) is 53.1 Å². The average Bonchev–Trinajstić information content (AvgIpc) is 3.41. The zero-order valence-corrected chi connectivity index (χ0v) is 15.3. The summed E-state index contributed by atoms with van der Waals surface area (Å²) in [6.45, 7) is 0.492. The summed E-state index contributed by atoms with van der Waals surface area (Å²) < 4.78 is 40.1. The molecule has 4 N–H and O–H groups in total. The highest BCUT2D eigenvalue weighted by Crippen LogP contribution is 2.29. The van der Waals surface area contributed by atoms with Crippen molar-refractivity contribution in [3.05, 3.63) is 35.1 Å². The van der Waals surface area contributed by atoms with Crippen molar-refractivity contribution in [2.24, 2.45) is 11.7 Å². The third-order valence-electron chi connectivity index (χ3n) is 5.27. The number of amides is 2. The largest absolute Gasteiger partial charge is 0.391 e. The van der Waals surface area contributed by atoms with Crippen molar-refractivity contribution in [2.45, 2.75) is 50.3 Å². The molecule has 1 saturated heterocycles. The van der Waals surface area contributed by atoms with Crippen LogP contribution in [0.15, 0.2) is 12.1 Å². The minimum absolute atomic E-state index is 0.0297. The Morgan fingerprint density at radius 3 is 2.54 bits per heavy atom. The molecule has 2 aliphatic rings. The van der Waals surface area contributed by atoms with E-state index in [0.29, 0.717) is 19.0 Å². The van der Waals surface area contributed by atoms with Crippen molar-refractivity contribution in [3.8, 4) is 0 Å². The van der Waals surface area contributed by atoms with Gasteiger partial charge in [0.15, 0.2) is 11.6 Å². The zero-order valence-electron chi connectivity index (χ0n) is 15.3. The summed E-state index contributed by atoms with van der Waals surface area (Å²) in [5.41, 5.74) is 5.82. The smallest absolute Gasteiger partial charge is 0.224 e. The third-order valence-corrected chi connectivity index (χ3v) is 5.27. The summed E-state index contributed by atoms with van der Waals surface area (Å²) in [6.07, 6.45) is 1.09. The van der Waals surface area contributed by atoms with Gasteiger partial charge in [0, 0.05) is 37.5 Å². The van der Waals surface area contributed by atoms with E-state index >= 15 is 0 Å². The van der Waals surface area contributed by atoms with Gasteiger partial charge in [-0.2, -0.15) is 0 Å². The molecule has 0 unspecified atom stereocenters. The number of halogens is 3. The SMILES string of the molecule is N[C@@H](CC(=O)N1CC[C@H](O)[C@H]1CNC(=O)C1CC1)Cc1cc(F)c(F)cc1F. The van der Waals surface area contributed by atoms with E-state index in [1.165, 1.54) is 4.90 Å². The minimum Gasteiger partial charge on any atom is -0.391 e.